The lowest BCUT2D eigenvalue weighted by Gasteiger charge is -2.29. The fourth-order valence-corrected chi connectivity index (χ4v) is 7.91. The Balaban J connectivity index is 1.52. The molecule has 3 amide bonds. The Hall–Kier alpha value is -3.26. The van der Waals surface area contributed by atoms with Crippen LogP contribution in [0.4, 0.5) is 15.3 Å². The maximum atomic E-state index is 13.6. The van der Waals surface area contributed by atoms with Gasteiger partial charge in [-0.3, -0.25) is 5.32 Å². The van der Waals surface area contributed by atoms with E-state index in [9.17, 15) is 18.0 Å². The number of benzene rings is 1. The van der Waals surface area contributed by atoms with E-state index in [1.54, 1.807) is 65.1 Å². The number of aromatic nitrogens is 1. The third-order valence-electron chi connectivity index (χ3n) is 6.83. The summed E-state index contributed by atoms with van der Waals surface area (Å²) in [5.41, 5.74) is 1.87. The number of hydrogen-bond donors (Lipinski definition) is 5. The van der Waals surface area contributed by atoms with Crippen LogP contribution in [0.2, 0.25) is 0 Å². The van der Waals surface area contributed by atoms with Gasteiger partial charge < -0.3 is 20.7 Å². The molecule has 43 heavy (non-hydrogen) atoms. The van der Waals surface area contributed by atoms with Crippen molar-refractivity contribution in [2.75, 3.05) is 25.0 Å². The maximum Gasteiger partial charge on any atom is 0.411 e. The third kappa shape index (κ3) is 9.62. The molecule has 1 unspecified atom stereocenters. The predicted octanol–water partition coefficient (Wildman–Crippen LogP) is 4.82. The summed E-state index contributed by atoms with van der Waals surface area (Å²) < 4.78 is 35.2. The molecule has 0 bridgehead atoms. The number of piperidine rings is 1. The van der Waals surface area contributed by atoms with Crippen molar-refractivity contribution in [1.29, 1.82) is 0 Å². The van der Waals surface area contributed by atoms with Crippen molar-refractivity contribution in [3.63, 3.8) is 0 Å². The van der Waals surface area contributed by atoms with Crippen LogP contribution in [-0.4, -0.2) is 62.1 Å². The molecule has 0 spiro atoms. The highest BCUT2D eigenvalue weighted by atomic mass is 32.2. The molecule has 234 valence electrons. The van der Waals surface area contributed by atoms with E-state index in [0.717, 1.165) is 31.5 Å². The van der Waals surface area contributed by atoms with Gasteiger partial charge in [0.15, 0.2) is 0 Å². The van der Waals surface area contributed by atoms with Gasteiger partial charge in [-0.25, -0.2) is 27.7 Å². The number of amides is 3. The van der Waals surface area contributed by atoms with Gasteiger partial charge in [-0.05, 0) is 102 Å². The molecular formula is C30H42N6O5S2. The highest BCUT2D eigenvalue weighted by Crippen LogP contribution is 2.37. The number of nitrogens with zero attached hydrogens (tertiary/aromatic N) is 1. The Bertz CT molecular complexity index is 1450. The molecule has 13 heteroatoms. The second kappa shape index (κ2) is 14.0. The van der Waals surface area contributed by atoms with E-state index < -0.39 is 26.9 Å². The van der Waals surface area contributed by atoms with Crippen molar-refractivity contribution < 1.29 is 22.7 Å². The number of thiazole rings is 1. The minimum absolute atomic E-state index is 0.109. The molecule has 1 aromatic carbocycles. The van der Waals surface area contributed by atoms with Crippen molar-refractivity contribution in [2.45, 2.75) is 70.8 Å². The smallest absolute Gasteiger partial charge is 0.411 e. The van der Waals surface area contributed by atoms with Crippen LogP contribution in [0.15, 0.2) is 48.3 Å². The van der Waals surface area contributed by atoms with Gasteiger partial charge in [0.2, 0.25) is 10.0 Å². The third-order valence-corrected chi connectivity index (χ3v) is 10.00. The molecule has 2 aromatic rings. The minimum atomic E-state index is -3.83. The zero-order chi connectivity index (χ0) is 31.2. The summed E-state index contributed by atoms with van der Waals surface area (Å²) in [4.78, 5) is 29.9. The highest BCUT2D eigenvalue weighted by molar-refractivity contribution is 7.90. The van der Waals surface area contributed by atoms with Crippen LogP contribution in [0, 0.1) is 5.92 Å². The second-order valence-corrected chi connectivity index (χ2v) is 15.0. The van der Waals surface area contributed by atoms with Crippen LogP contribution in [0.25, 0.3) is 16.1 Å². The first kappa shape index (κ1) is 32.6. The Morgan fingerprint density at radius 1 is 1.09 bits per heavy atom. The molecule has 0 saturated carbocycles. The van der Waals surface area contributed by atoms with Crippen molar-refractivity contribution in [3.05, 3.63) is 53.2 Å². The van der Waals surface area contributed by atoms with E-state index in [-0.39, 0.29) is 18.6 Å². The van der Waals surface area contributed by atoms with Crippen LogP contribution < -0.4 is 26.0 Å². The predicted molar refractivity (Wildman–Crippen MR) is 171 cm³/mol. The number of nitrogens with one attached hydrogen (secondary N) is 5. The Labute approximate surface area is 258 Å². The van der Waals surface area contributed by atoms with Gasteiger partial charge in [0, 0.05) is 41.6 Å². The molecule has 1 fully saturated rings. The van der Waals surface area contributed by atoms with Crippen LogP contribution in [-0.2, 0) is 14.8 Å². The summed E-state index contributed by atoms with van der Waals surface area (Å²) in [5.74, 6) is 0.428. The van der Waals surface area contributed by atoms with Gasteiger partial charge >= 0.3 is 12.1 Å². The lowest BCUT2D eigenvalue weighted by atomic mass is 9.98. The number of hydrogen-bond acceptors (Lipinski definition) is 8. The zero-order valence-corrected chi connectivity index (χ0v) is 27.0. The first-order chi connectivity index (χ1) is 20.3. The lowest BCUT2D eigenvalue weighted by molar-refractivity contribution is 0.130. The fraction of sp³-hybridized carbons (Fsp3) is 0.500. The lowest BCUT2D eigenvalue weighted by Crippen LogP contribution is -2.47. The number of ether oxygens (including phenoxy) is 1. The molecule has 1 aliphatic heterocycles. The molecule has 5 N–H and O–H groups in total. The first-order valence-corrected chi connectivity index (χ1v) is 16.9. The average Bonchev–Trinajstić information content (AvgIpc) is 3.41. The zero-order valence-electron chi connectivity index (χ0n) is 25.3. The summed E-state index contributed by atoms with van der Waals surface area (Å²) in [6, 6.07) is 6.85. The summed E-state index contributed by atoms with van der Waals surface area (Å²) in [5, 5.41) is 11.6. The van der Waals surface area contributed by atoms with E-state index in [2.05, 4.69) is 31.0 Å². The molecule has 11 nitrogen and oxygen atoms in total. The Kier molecular flexibility index (Phi) is 10.6. The van der Waals surface area contributed by atoms with E-state index in [4.69, 9.17) is 4.74 Å². The Morgan fingerprint density at radius 2 is 1.79 bits per heavy atom. The van der Waals surface area contributed by atoms with Crippen LogP contribution in [0.3, 0.4) is 0 Å². The first-order valence-electron chi connectivity index (χ1n) is 14.5. The van der Waals surface area contributed by atoms with Crippen LogP contribution >= 0.6 is 11.3 Å². The molecule has 1 aromatic heterocycles. The SMILES string of the molecule is CC(C)OC(=O)Nc1ccc(-c2ncc(C3=CC=C(NC(=O)NCC4CCNCC4)CC3S(=O)(=O)NC(C)(C)C)s2)cc1. The number of anilines is 1. The van der Waals surface area contributed by atoms with E-state index in [1.807, 2.05) is 12.1 Å². The van der Waals surface area contributed by atoms with Crippen molar-refractivity contribution in [2.24, 2.45) is 5.92 Å². The number of urea groups is 1. The maximum absolute atomic E-state index is 13.6. The summed E-state index contributed by atoms with van der Waals surface area (Å²) in [7, 11) is -3.83. The highest BCUT2D eigenvalue weighted by Gasteiger charge is 2.36. The molecule has 1 atom stereocenters. The van der Waals surface area contributed by atoms with Gasteiger partial charge in [0.25, 0.3) is 0 Å². The number of allylic oxidation sites excluding steroid dienone is 3. The number of carbonyl (C=O) groups excluding carboxylic acids is 2. The molecule has 0 radical (unpaired) electrons. The molecule has 1 saturated heterocycles. The average molecular weight is 631 g/mol. The van der Waals surface area contributed by atoms with Crippen LogP contribution in [0.1, 0.15) is 58.8 Å². The monoisotopic (exact) mass is 630 g/mol. The normalized spacial score (nSPS) is 18.0. The number of sulfonamides is 1. The summed E-state index contributed by atoms with van der Waals surface area (Å²) in [6.45, 7) is 11.4. The van der Waals surface area contributed by atoms with E-state index in [0.29, 0.717) is 39.3 Å². The van der Waals surface area contributed by atoms with Gasteiger partial charge in [-0.15, -0.1) is 11.3 Å². The molecule has 1 aliphatic carbocycles. The molecule has 4 rings (SSSR count). The molecular weight excluding hydrogens is 589 g/mol. The van der Waals surface area contributed by atoms with Crippen LogP contribution in [0.5, 0.6) is 0 Å². The number of carbonyl (C=O) groups is 2. The number of rotatable bonds is 9. The second-order valence-electron chi connectivity index (χ2n) is 12.1. The van der Waals surface area contributed by atoms with Gasteiger partial charge in [-0.1, -0.05) is 6.08 Å². The largest absolute Gasteiger partial charge is 0.447 e. The van der Waals surface area contributed by atoms with E-state index in [1.165, 1.54) is 11.3 Å². The Morgan fingerprint density at radius 3 is 2.44 bits per heavy atom. The molecule has 2 aliphatic rings. The quantitative estimate of drug-likeness (QED) is 0.267. The van der Waals surface area contributed by atoms with Crippen molar-refractivity contribution in [3.8, 4) is 10.6 Å². The van der Waals surface area contributed by atoms with Gasteiger partial charge in [0.1, 0.15) is 10.3 Å². The topological polar surface area (TPSA) is 151 Å². The standard InChI is InChI=1S/C30H42N6O5S2/c1-19(2)41-29(38)35-22-8-6-21(7-9-22)27-32-18-25(42-27)24-11-10-23(16-26(24)43(39,40)36-30(3,4)5)34-28(37)33-17-20-12-14-31-15-13-20/h6-11,18-20,26,31,36H,12-17H2,1-5H3,(H,35,38)(H2,33,34,37). The summed E-state index contributed by atoms with van der Waals surface area (Å²) >= 11 is 1.38. The van der Waals surface area contributed by atoms with Crippen molar-refractivity contribution in [1.82, 2.24) is 25.7 Å². The van der Waals surface area contributed by atoms with Crippen molar-refractivity contribution >= 4 is 44.7 Å². The van der Waals surface area contributed by atoms with Gasteiger partial charge in [-0.2, -0.15) is 0 Å². The molecule has 2 heterocycles. The fourth-order valence-electron chi connectivity index (χ4n) is 4.90. The van der Waals surface area contributed by atoms with E-state index >= 15 is 0 Å². The summed E-state index contributed by atoms with van der Waals surface area (Å²) in [6.07, 6.45) is 6.57. The van der Waals surface area contributed by atoms with Gasteiger partial charge in [0.05, 0.1) is 11.0 Å². The minimum Gasteiger partial charge on any atom is -0.447 e.